The highest BCUT2D eigenvalue weighted by Gasteiger charge is 2.01. The summed E-state index contributed by atoms with van der Waals surface area (Å²) in [5.41, 5.74) is 2.04. The van der Waals surface area contributed by atoms with Gasteiger partial charge < -0.3 is 20.1 Å². The Morgan fingerprint density at radius 2 is 1.83 bits per heavy atom. The van der Waals surface area contributed by atoms with E-state index in [0.29, 0.717) is 18.3 Å². The molecule has 0 aliphatic heterocycles. The molecule has 0 bridgehead atoms. The van der Waals surface area contributed by atoms with Crippen molar-refractivity contribution in [3.63, 3.8) is 0 Å². The molecule has 0 spiro atoms. The van der Waals surface area contributed by atoms with E-state index < -0.39 is 0 Å². The molecular formula is C19H24N2O2S. The summed E-state index contributed by atoms with van der Waals surface area (Å²) in [6, 6.07) is 15.7. The number of thiocarbonyl (C=S) groups is 1. The van der Waals surface area contributed by atoms with E-state index in [-0.39, 0.29) is 6.10 Å². The van der Waals surface area contributed by atoms with Crippen LogP contribution >= 0.6 is 12.2 Å². The molecule has 0 aliphatic rings. The number of hydrogen-bond acceptors (Lipinski definition) is 3. The highest BCUT2D eigenvalue weighted by Crippen LogP contribution is 2.17. The van der Waals surface area contributed by atoms with Crippen LogP contribution in [0.25, 0.3) is 0 Å². The maximum absolute atomic E-state index is 5.62. The zero-order valence-electron chi connectivity index (χ0n) is 14.3. The van der Waals surface area contributed by atoms with E-state index in [9.17, 15) is 0 Å². The van der Waals surface area contributed by atoms with E-state index in [0.717, 1.165) is 22.7 Å². The van der Waals surface area contributed by atoms with Gasteiger partial charge in [-0.15, -0.1) is 0 Å². The molecule has 0 saturated heterocycles. The first kappa shape index (κ1) is 18.1. The van der Waals surface area contributed by atoms with Crippen molar-refractivity contribution in [3.8, 4) is 11.5 Å². The van der Waals surface area contributed by atoms with Crippen molar-refractivity contribution < 1.29 is 9.47 Å². The largest absolute Gasteiger partial charge is 0.494 e. The molecule has 128 valence electrons. The first-order valence-electron chi connectivity index (χ1n) is 8.10. The predicted octanol–water partition coefficient (Wildman–Crippen LogP) is 4.36. The minimum Gasteiger partial charge on any atom is -0.494 e. The van der Waals surface area contributed by atoms with Gasteiger partial charge >= 0.3 is 0 Å². The van der Waals surface area contributed by atoms with Crippen LogP contribution in [0, 0.1) is 0 Å². The zero-order chi connectivity index (χ0) is 17.4. The lowest BCUT2D eigenvalue weighted by Gasteiger charge is -2.13. The SMILES string of the molecule is CCOc1cccc(CNC(=S)Nc2ccc(OC(C)C)cc2)c1. The van der Waals surface area contributed by atoms with Gasteiger partial charge in [0.2, 0.25) is 0 Å². The van der Waals surface area contributed by atoms with Crippen LogP contribution in [-0.2, 0) is 6.54 Å². The van der Waals surface area contributed by atoms with Crippen LogP contribution in [0.4, 0.5) is 5.69 Å². The molecule has 0 fully saturated rings. The van der Waals surface area contributed by atoms with E-state index in [2.05, 4.69) is 10.6 Å². The molecule has 2 rings (SSSR count). The summed E-state index contributed by atoms with van der Waals surface area (Å²) in [4.78, 5) is 0. The number of benzene rings is 2. The van der Waals surface area contributed by atoms with Crippen molar-refractivity contribution in [3.05, 3.63) is 54.1 Å². The molecule has 24 heavy (non-hydrogen) atoms. The van der Waals surface area contributed by atoms with Crippen molar-refractivity contribution in [1.29, 1.82) is 0 Å². The lowest BCUT2D eigenvalue weighted by atomic mass is 10.2. The van der Waals surface area contributed by atoms with Crippen LogP contribution < -0.4 is 20.1 Å². The van der Waals surface area contributed by atoms with Gasteiger partial charge in [-0.2, -0.15) is 0 Å². The number of nitrogens with one attached hydrogen (secondary N) is 2. The van der Waals surface area contributed by atoms with Crippen LogP contribution in [0.15, 0.2) is 48.5 Å². The van der Waals surface area contributed by atoms with Crippen LogP contribution in [0.1, 0.15) is 26.3 Å². The topological polar surface area (TPSA) is 42.5 Å². The molecule has 2 aromatic carbocycles. The van der Waals surface area contributed by atoms with Crippen molar-refractivity contribution >= 4 is 23.0 Å². The third-order valence-corrected chi connectivity index (χ3v) is 3.39. The fourth-order valence-electron chi connectivity index (χ4n) is 2.16. The first-order valence-corrected chi connectivity index (χ1v) is 8.51. The Morgan fingerprint density at radius 1 is 1.08 bits per heavy atom. The molecule has 4 nitrogen and oxygen atoms in total. The van der Waals surface area contributed by atoms with Gasteiger partial charge in [-0.05, 0) is 75.0 Å². The van der Waals surface area contributed by atoms with Gasteiger partial charge in [0.15, 0.2) is 5.11 Å². The second kappa shape index (κ2) is 9.13. The molecule has 0 aromatic heterocycles. The highest BCUT2D eigenvalue weighted by molar-refractivity contribution is 7.80. The molecule has 0 saturated carbocycles. The summed E-state index contributed by atoms with van der Waals surface area (Å²) in [5, 5.41) is 6.94. The summed E-state index contributed by atoms with van der Waals surface area (Å²) < 4.78 is 11.1. The highest BCUT2D eigenvalue weighted by atomic mass is 32.1. The number of hydrogen-bond donors (Lipinski definition) is 2. The monoisotopic (exact) mass is 344 g/mol. The Morgan fingerprint density at radius 3 is 2.50 bits per heavy atom. The van der Waals surface area contributed by atoms with E-state index in [1.807, 2.05) is 69.3 Å². The van der Waals surface area contributed by atoms with Gasteiger partial charge in [-0.1, -0.05) is 12.1 Å². The summed E-state index contributed by atoms with van der Waals surface area (Å²) in [6.07, 6.45) is 0.166. The fraction of sp³-hybridized carbons (Fsp3) is 0.316. The maximum Gasteiger partial charge on any atom is 0.171 e. The smallest absolute Gasteiger partial charge is 0.171 e. The standard InChI is InChI=1S/C19H24N2O2S/c1-4-22-18-7-5-6-15(12-18)13-20-19(24)21-16-8-10-17(11-9-16)23-14(2)3/h5-12,14H,4,13H2,1-3H3,(H2,20,21,24). The molecule has 0 atom stereocenters. The molecule has 0 radical (unpaired) electrons. The Kier molecular flexibility index (Phi) is 6.88. The van der Waals surface area contributed by atoms with Crippen LogP contribution in [0.3, 0.4) is 0 Å². The van der Waals surface area contributed by atoms with E-state index in [1.165, 1.54) is 0 Å². The molecule has 0 amide bonds. The van der Waals surface area contributed by atoms with Crippen molar-refractivity contribution in [2.75, 3.05) is 11.9 Å². The normalized spacial score (nSPS) is 10.3. The fourth-order valence-corrected chi connectivity index (χ4v) is 2.35. The Labute approximate surface area is 149 Å². The molecule has 0 unspecified atom stereocenters. The van der Waals surface area contributed by atoms with Gasteiger partial charge in [0.05, 0.1) is 12.7 Å². The molecule has 2 aromatic rings. The average Bonchev–Trinajstić information content (AvgIpc) is 2.55. The van der Waals surface area contributed by atoms with E-state index in [1.54, 1.807) is 0 Å². The maximum atomic E-state index is 5.62. The quantitative estimate of drug-likeness (QED) is 0.731. The van der Waals surface area contributed by atoms with Gasteiger partial charge in [0, 0.05) is 12.2 Å². The predicted molar refractivity (Wildman–Crippen MR) is 103 cm³/mol. The lowest BCUT2D eigenvalue weighted by Crippen LogP contribution is -2.27. The summed E-state index contributed by atoms with van der Waals surface area (Å²) in [6.45, 7) is 7.29. The molecule has 2 N–H and O–H groups in total. The lowest BCUT2D eigenvalue weighted by molar-refractivity contribution is 0.242. The van der Waals surface area contributed by atoms with Gasteiger partial charge in [0.25, 0.3) is 0 Å². The van der Waals surface area contributed by atoms with E-state index >= 15 is 0 Å². The van der Waals surface area contributed by atoms with E-state index in [4.69, 9.17) is 21.7 Å². The Bertz CT molecular complexity index is 657. The minimum atomic E-state index is 0.166. The van der Waals surface area contributed by atoms with Crippen LogP contribution in [0.5, 0.6) is 11.5 Å². The van der Waals surface area contributed by atoms with Crippen molar-refractivity contribution in [2.24, 2.45) is 0 Å². The van der Waals surface area contributed by atoms with Crippen LogP contribution in [-0.4, -0.2) is 17.8 Å². The van der Waals surface area contributed by atoms with Gasteiger partial charge in [-0.3, -0.25) is 0 Å². The zero-order valence-corrected chi connectivity index (χ0v) is 15.2. The number of rotatable bonds is 7. The molecular weight excluding hydrogens is 320 g/mol. The Balaban J connectivity index is 1.83. The third-order valence-electron chi connectivity index (χ3n) is 3.15. The van der Waals surface area contributed by atoms with Crippen LogP contribution in [0.2, 0.25) is 0 Å². The summed E-state index contributed by atoms with van der Waals surface area (Å²) in [5.74, 6) is 1.72. The third kappa shape index (κ3) is 6.08. The first-order chi connectivity index (χ1) is 11.6. The average molecular weight is 344 g/mol. The second-order valence-corrected chi connectivity index (χ2v) is 5.99. The summed E-state index contributed by atoms with van der Waals surface area (Å²) in [7, 11) is 0. The number of ether oxygens (including phenoxy) is 2. The number of anilines is 1. The molecule has 0 aliphatic carbocycles. The molecule has 5 heteroatoms. The summed E-state index contributed by atoms with van der Waals surface area (Å²) >= 11 is 5.34. The van der Waals surface area contributed by atoms with Crippen molar-refractivity contribution in [2.45, 2.75) is 33.4 Å². The molecule has 0 heterocycles. The van der Waals surface area contributed by atoms with Gasteiger partial charge in [-0.25, -0.2) is 0 Å². The Hall–Kier alpha value is -2.27. The van der Waals surface area contributed by atoms with Gasteiger partial charge in [0.1, 0.15) is 11.5 Å². The second-order valence-electron chi connectivity index (χ2n) is 5.58. The minimum absolute atomic E-state index is 0.166. The van der Waals surface area contributed by atoms with Crippen molar-refractivity contribution in [1.82, 2.24) is 5.32 Å².